The molecule has 0 atom stereocenters. The number of ether oxygens (including phenoxy) is 1. The Balaban J connectivity index is 2.45. The molecule has 4 nitrogen and oxygen atoms in total. The summed E-state index contributed by atoms with van der Waals surface area (Å²) in [5, 5.41) is 0. The Morgan fingerprint density at radius 1 is 1.33 bits per heavy atom. The van der Waals surface area contributed by atoms with E-state index in [1.165, 1.54) is 6.92 Å². The molecule has 0 saturated heterocycles. The molecule has 0 aliphatic carbocycles. The van der Waals surface area contributed by atoms with Crippen LogP contribution in [0.25, 0.3) is 0 Å². The molecule has 2 aromatic rings. The number of Topliss-reactive ketones (excluding diaryl/α,β-unsaturated/α-hetero) is 1. The van der Waals surface area contributed by atoms with E-state index in [1.807, 2.05) is 6.92 Å². The van der Waals surface area contributed by atoms with E-state index in [9.17, 15) is 9.59 Å². The van der Waals surface area contributed by atoms with E-state index in [4.69, 9.17) is 4.74 Å². The summed E-state index contributed by atoms with van der Waals surface area (Å²) in [7, 11) is 0. The van der Waals surface area contributed by atoms with Gasteiger partial charge >= 0.3 is 0 Å². The van der Waals surface area contributed by atoms with E-state index in [2.05, 4.69) is 15.9 Å². The van der Waals surface area contributed by atoms with Crippen molar-refractivity contribution < 1.29 is 9.53 Å². The standard InChI is InChI=1S/C16H16BrNO3/c1-3-21-15-7-6-12(11(2)19)9-13(15)10-18-8-4-5-14(17)16(18)20/h4-9H,3,10H2,1-2H3. The second kappa shape index (κ2) is 6.72. The lowest BCUT2D eigenvalue weighted by Crippen LogP contribution is -2.20. The lowest BCUT2D eigenvalue weighted by molar-refractivity contribution is 0.101. The second-order valence-corrected chi connectivity index (χ2v) is 5.46. The predicted molar refractivity (Wildman–Crippen MR) is 85.1 cm³/mol. The van der Waals surface area contributed by atoms with Gasteiger partial charge in [0.05, 0.1) is 17.6 Å². The number of hydrogen-bond acceptors (Lipinski definition) is 3. The third kappa shape index (κ3) is 3.61. The van der Waals surface area contributed by atoms with Gasteiger partial charge in [0.25, 0.3) is 5.56 Å². The van der Waals surface area contributed by atoms with Gasteiger partial charge in [0.15, 0.2) is 5.78 Å². The molecule has 0 radical (unpaired) electrons. The van der Waals surface area contributed by atoms with Crippen molar-refractivity contribution in [2.24, 2.45) is 0 Å². The minimum absolute atomic E-state index is 0.0131. The molecule has 1 heterocycles. The maximum atomic E-state index is 12.1. The van der Waals surface area contributed by atoms with Crippen molar-refractivity contribution in [3.8, 4) is 5.75 Å². The first-order valence-electron chi connectivity index (χ1n) is 6.64. The fraction of sp³-hybridized carbons (Fsp3) is 0.250. The summed E-state index contributed by atoms with van der Waals surface area (Å²) >= 11 is 3.23. The third-order valence-electron chi connectivity index (χ3n) is 3.08. The molecule has 0 spiro atoms. The highest BCUT2D eigenvalue weighted by Gasteiger charge is 2.10. The van der Waals surface area contributed by atoms with Gasteiger partial charge < -0.3 is 9.30 Å². The van der Waals surface area contributed by atoms with Crippen LogP contribution in [0.15, 0.2) is 45.8 Å². The van der Waals surface area contributed by atoms with Crippen molar-refractivity contribution in [1.82, 2.24) is 4.57 Å². The Morgan fingerprint density at radius 3 is 2.76 bits per heavy atom. The maximum absolute atomic E-state index is 12.1. The Morgan fingerprint density at radius 2 is 2.10 bits per heavy atom. The lowest BCUT2D eigenvalue weighted by Gasteiger charge is -2.13. The first-order valence-corrected chi connectivity index (χ1v) is 7.44. The molecule has 110 valence electrons. The predicted octanol–water partition coefficient (Wildman–Crippen LogP) is 3.26. The van der Waals surface area contributed by atoms with Crippen molar-refractivity contribution in [3.05, 3.63) is 62.5 Å². The lowest BCUT2D eigenvalue weighted by atomic mass is 10.1. The summed E-state index contributed by atoms with van der Waals surface area (Å²) in [5.41, 5.74) is 1.30. The number of rotatable bonds is 5. The normalized spacial score (nSPS) is 10.4. The smallest absolute Gasteiger partial charge is 0.265 e. The molecule has 0 aliphatic heterocycles. The monoisotopic (exact) mass is 349 g/mol. The van der Waals surface area contributed by atoms with Crippen LogP contribution < -0.4 is 10.3 Å². The molecule has 0 bridgehead atoms. The largest absolute Gasteiger partial charge is 0.494 e. The van der Waals surface area contributed by atoms with Crippen molar-refractivity contribution in [2.45, 2.75) is 20.4 Å². The average Bonchev–Trinajstić information content (AvgIpc) is 2.45. The van der Waals surface area contributed by atoms with Crippen molar-refractivity contribution in [1.29, 1.82) is 0 Å². The zero-order chi connectivity index (χ0) is 15.4. The molecule has 0 amide bonds. The number of carbonyl (C=O) groups excluding carboxylic acids is 1. The number of carbonyl (C=O) groups is 1. The van der Waals surface area contributed by atoms with Crippen LogP contribution >= 0.6 is 15.9 Å². The number of pyridine rings is 1. The van der Waals surface area contributed by atoms with E-state index in [0.717, 1.165) is 5.56 Å². The molecule has 2 rings (SSSR count). The number of benzene rings is 1. The Labute approximate surface area is 131 Å². The number of ketones is 1. The number of halogens is 1. The van der Waals surface area contributed by atoms with Crippen LogP contribution in [0.5, 0.6) is 5.75 Å². The molecular formula is C16H16BrNO3. The van der Waals surface area contributed by atoms with Crippen molar-refractivity contribution in [2.75, 3.05) is 6.61 Å². The van der Waals surface area contributed by atoms with E-state index in [-0.39, 0.29) is 11.3 Å². The summed E-state index contributed by atoms with van der Waals surface area (Å²) in [6, 6.07) is 8.79. The Kier molecular flexibility index (Phi) is 4.96. The topological polar surface area (TPSA) is 48.3 Å². The number of aromatic nitrogens is 1. The molecule has 0 aliphatic rings. The Bertz CT molecular complexity index is 722. The maximum Gasteiger partial charge on any atom is 0.265 e. The fourth-order valence-corrected chi connectivity index (χ4v) is 2.41. The molecule has 1 aromatic heterocycles. The van der Waals surface area contributed by atoms with Gasteiger partial charge in [-0.1, -0.05) is 0 Å². The summed E-state index contributed by atoms with van der Waals surface area (Å²) in [4.78, 5) is 23.6. The van der Waals surface area contributed by atoms with Crippen LogP contribution in [0.4, 0.5) is 0 Å². The zero-order valence-corrected chi connectivity index (χ0v) is 13.5. The second-order valence-electron chi connectivity index (χ2n) is 4.60. The van der Waals surface area contributed by atoms with E-state index in [1.54, 1.807) is 41.1 Å². The zero-order valence-electron chi connectivity index (χ0n) is 11.9. The molecule has 1 aromatic carbocycles. The van der Waals surface area contributed by atoms with Gasteiger partial charge in [-0.15, -0.1) is 0 Å². The molecule has 0 N–H and O–H groups in total. The van der Waals surface area contributed by atoms with Crippen LogP contribution in [-0.4, -0.2) is 17.0 Å². The van der Waals surface area contributed by atoms with Crippen LogP contribution in [0.1, 0.15) is 29.8 Å². The fourth-order valence-electron chi connectivity index (χ4n) is 2.03. The average molecular weight is 350 g/mol. The first-order chi connectivity index (χ1) is 10.0. The molecule has 21 heavy (non-hydrogen) atoms. The summed E-state index contributed by atoms with van der Waals surface area (Å²) in [6.07, 6.45) is 1.71. The quantitative estimate of drug-likeness (QED) is 0.778. The minimum atomic E-state index is -0.117. The molecular weight excluding hydrogens is 334 g/mol. The van der Waals surface area contributed by atoms with Crippen LogP contribution in [0.3, 0.4) is 0 Å². The van der Waals surface area contributed by atoms with E-state index < -0.39 is 0 Å². The summed E-state index contributed by atoms with van der Waals surface area (Å²) in [5.74, 6) is 0.676. The summed E-state index contributed by atoms with van der Waals surface area (Å²) < 4.78 is 7.66. The van der Waals surface area contributed by atoms with Crippen LogP contribution in [0, 0.1) is 0 Å². The van der Waals surface area contributed by atoms with Crippen molar-refractivity contribution in [3.63, 3.8) is 0 Å². The van der Waals surface area contributed by atoms with Gasteiger partial charge in [-0.25, -0.2) is 0 Å². The van der Waals surface area contributed by atoms with Gasteiger partial charge in [-0.2, -0.15) is 0 Å². The van der Waals surface area contributed by atoms with Gasteiger partial charge in [0.2, 0.25) is 0 Å². The number of nitrogens with zero attached hydrogens (tertiary/aromatic N) is 1. The van der Waals surface area contributed by atoms with Gasteiger partial charge in [0, 0.05) is 17.3 Å². The molecule has 0 saturated carbocycles. The molecule has 0 fully saturated rings. The SMILES string of the molecule is CCOc1ccc(C(C)=O)cc1Cn1cccc(Br)c1=O. The van der Waals surface area contributed by atoms with E-state index >= 15 is 0 Å². The molecule has 5 heteroatoms. The van der Waals surface area contributed by atoms with Gasteiger partial charge in [-0.05, 0) is 60.1 Å². The first kappa shape index (κ1) is 15.5. The minimum Gasteiger partial charge on any atom is -0.494 e. The third-order valence-corrected chi connectivity index (χ3v) is 3.68. The molecule has 0 unspecified atom stereocenters. The highest BCUT2D eigenvalue weighted by Crippen LogP contribution is 2.21. The highest BCUT2D eigenvalue weighted by atomic mass is 79.9. The highest BCUT2D eigenvalue weighted by molar-refractivity contribution is 9.10. The van der Waals surface area contributed by atoms with Gasteiger partial charge in [0.1, 0.15) is 5.75 Å². The summed E-state index contributed by atoms with van der Waals surface area (Å²) in [6.45, 7) is 4.30. The van der Waals surface area contributed by atoms with Crippen LogP contribution in [0.2, 0.25) is 0 Å². The van der Waals surface area contributed by atoms with Gasteiger partial charge in [-0.3, -0.25) is 9.59 Å². The number of hydrogen-bond donors (Lipinski definition) is 0. The Hall–Kier alpha value is -1.88. The van der Waals surface area contributed by atoms with Crippen LogP contribution in [-0.2, 0) is 6.54 Å². The van der Waals surface area contributed by atoms with Crippen molar-refractivity contribution >= 4 is 21.7 Å². The van der Waals surface area contributed by atoms with E-state index in [0.29, 0.717) is 28.9 Å².